The molecular weight excluding hydrogens is 333 g/mol. The largest absolute Gasteiger partial charge is 0.373 e. The van der Waals surface area contributed by atoms with Crippen molar-refractivity contribution in [2.24, 2.45) is 0 Å². The highest BCUT2D eigenvalue weighted by Gasteiger charge is 2.38. The zero-order chi connectivity index (χ0) is 15.9. The lowest BCUT2D eigenvalue weighted by molar-refractivity contribution is -0.0739. The van der Waals surface area contributed by atoms with Crippen LogP contribution < -0.4 is 5.32 Å². The number of ether oxygens (including phenoxy) is 1. The molecule has 0 fully saturated rings. The molecular formula is C17H27BrFNO. The molecule has 21 heavy (non-hydrogen) atoms. The molecule has 1 atom stereocenters. The van der Waals surface area contributed by atoms with Gasteiger partial charge < -0.3 is 10.1 Å². The van der Waals surface area contributed by atoms with Gasteiger partial charge in [-0.05, 0) is 54.7 Å². The van der Waals surface area contributed by atoms with E-state index >= 15 is 0 Å². The SMILES string of the molecule is CCCNC(c1cccc(Br)c1F)C(CC)(CC)OCC. The Morgan fingerprint density at radius 3 is 2.43 bits per heavy atom. The van der Waals surface area contributed by atoms with Gasteiger partial charge in [0.2, 0.25) is 0 Å². The van der Waals surface area contributed by atoms with Gasteiger partial charge in [0.15, 0.2) is 0 Å². The van der Waals surface area contributed by atoms with Gasteiger partial charge in [-0.25, -0.2) is 4.39 Å². The first kappa shape index (κ1) is 18.6. The van der Waals surface area contributed by atoms with Crippen LogP contribution in [0.1, 0.15) is 58.6 Å². The maximum atomic E-state index is 14.6. The van der Waals surface area contributed by atoms with Gasteiger partial charge in [0, 0.05) is 12.2 Å². The van der Waals surface area contributed by atoms with Crippen molar-refractivity contribution in [3.8, 4) is 0 Å². The Balaban J connectivity index is 3.28. The second-order valence-electron chi connectivity index (χ2n) is 5.24. The highest BCUT2D eigenvalue weighted by Crippen LogP contribution is 2.37. The van der Waals surface area contributed by atoms with E-state index in [9.17, 15) is 4.39 Å². The van der Waals surface area contributed by atoms with Crippen LogP contribution in [0.15, 0.2) is 22.7 Å². The third-order valence-electron chi connectivity index (χ3n) is 4.05. The molecule has 1 rings (SSSR count). The molecule has 0 aromatic heterocycles. The molecule has 1 unspecified atom stereocenters. The highest BCUT2D eigenvalue weighted by molar-refractivity contribution is 9.10. The van der Waals surface area contributed by atoms with Gasteiger partial charge in [-0.3, -0.25) is 0 Å². The summed E-state index contributed by atoms with van der Waals surface area (Å²) >= 11 is 3.29. The lowest BCUT2D eigenvalue weighted by Crippen LogP contribution is -2.46. The second-order valence-corrected chi connectivity index (χ2v) is 6.09. The fourth-order valence-corrected chi connectivity index (χ4v) is 3.23. The van der Waals surface area contributed by atoms with Gasteiger partial charge in [0.1, 0.15) is 5.82 Å². The van der Waals surface area contributed by atoms with Crippen molar-refractivity contribution in [2.45, 2.75) is 58.6 Å². The molecule has 4 heteroatoms. The van der Waals surface area contributed by atoms with Gasteiger partial charge >= 0.3 is 0 Å². The van der Waals surface area contributed by atoms with Gasteiger partial charge in [0.25, 0.3) is 0 Å². The van der Waals surface area contributed by atoms with E-state index in [2.05, 4.69) is 42.0 Å². The summed E-state index contributed by atoms with van der Waals surface area (Å²) in [6, 6.07) is 5.32. The van der Waals surface area contributed by atoms with Crippen LogP contribution in [0.4, 0.5) is 4.39 Å². The average molecular weight is 360 g/mol. The lowest BCUT2D eigenvalue weighted by Gasteiger charge is -2.40. The molecule has 0 bridgehead atoms. The van der Waals surface area contributed by atoms with E-state index in [4.69, 9.17) is 4.74 Å². The predicted octanol–water partition coefficient (Wildman–Crippen LogP) is 5.22. The predicted molar refractivity (Wildman–Crippen MR) is 90.1 cm³/mol. The maximum absolute atomic E-state index is 14.6. The Labute approximate surface area is 136 Å². The average Bonchev–Trinajstić information content (AvgIpc) is 2.50. The monoisotopic (exact) mass is 359 g/mol. The Bertz CT molecular complexity index is 435. The molecule has 0 radical (unpaired) electrons. The van der Waals surface area contributed by atoms with Crippen LogP contribution >= 0.6 is 15.9 Å². The van der Waals surface area contributed by atoms with E-state index in [1.807, 2.05) is 19.1 Å². The normalized spacial score (nSPS) is 13.4. The molecule has 0 saturated carbocycles. The molecule has 0 aliphatic rings. The van der Waals surface area contributed by atoms with Crippen LogP contribution in [0.5, 0.6) is 0 Å². The van der Waals surface area contributed by atoms with E-state index < -0.39 is 0 Å². The molecule has 0 spiro atoms. The molecule has 0 heterocycles. The summed E-state index contributed by atoms with van der Waals surface area (Å²) in [6.07, 6.45) is 2.68. The zero-order valence-corrected chi connectivity index (χ0v) is 15.1. The van der Waals surface area contributed by atoms with E-state index in [0.717, 1.165) is 25.8 Å². The van der Waals surface area contributed by atoms with Crippen LogP contribution in [-0.4, -0.2) is 18.8 Å². The van der Waals surface area contributed by atoms with Crippen molar-refractivity contribution in [3.63, 3.8) is 0 Å². The van der Waals surface area contributed by atoms with E-state index in [-0.39, 0.29) is 17.5 Å². The number of halogens is 2. The summed E-state index contributed by atoms with van der Waals surface area (Å²) in [4.78, 5) is 0. The first-order chi connectivity index (χ1) is 10.1. The van der Waals surface area contributed by atoms with Crippen LogP contribution in [0.3, 0.4) is 0 Å². The van der Waals surface area contributed by atoms with Gasteiger partial charge in [-0.1, -0.05) is 32.9 Å². The standard InChI is InChI=1S/C17H27BrFNO/c1-5-12-20-16(17(6-2,7-3)21-8-4)13-10-9-11-14(18)15(13)19/h9-11,16,20H,5-8,12H2,1-4H3. The zero-order valence-electron chi connectivity index (χ0n) is 13.5. The molecule has 1 aromatic rings. The van der Waals surface area contributed by atoms with Crippen molar-refractivity contribution < 1.29 is 9.13 Å². The molecule has 1 N–H and O–H groups in total. The van der Waals surface area contributed by atoms with Crippen LogP contribution in [-0.2, 0) is 4.74 Å². The smallest absolute Gasteiger partial charge is 0.142 e. The van der Waals surface area contributed by atoms with Crippen molar-refractivity contribution >= 4 is 15.9 Å². The molecule has 0 amide bonds. The van der Waals surface area contributed by atoms with Crippen molar-refractivity contribution in [1.29, 1.82) is 0 Å². The van der Waals surface area contributed by atoms with Gasteiger partial charge in [-0.15, -0.1) is 0 Å². The third kappa shape index (κ3) is 4.27. The number of benzene rings is 1. The van der Waals surface area contributed by atoms with E-state index in [1.165, 1.54) is 0 Å². The minimum atomic E-state index is -0.383. The van der Waals surface area contributed by atoms with Gasteiger partial charge in [0.05, 0.1) is 16.1 Å². The Kier molecular flexibility index (Phi) is 7.85. The van der Waals surface area contributed by atoms with Crippen LogP contribution in [0.2, 0.25) is 0 Å². The number of hydrogen-bond donors (Lipinski definition) is 1. The minimum Gasteiger partial charge on any atom is -0.373 e. The number of nitrogens with one attached hydrogen (secondary N) is 1. The van der Waals surface area contributed by atoms with Crippen molar-refractivity contribution in [1.82, 2.24) is 5.32 Å². The Morgan fingerprint density at radius 2 is 1.90 bits per heavy atom. The van der Waals surface area contributed by atoms with E-state index in [1.54, 1.807) is 6.07 Å². The van der Waals surface area contributed by atoms with Crippen LogP contribution in [0, 0.1) is 5.82 Å². The highest BCUT2D eigenvalue weighted by atomic mass is 79.9. The van der Waals surface area contributed by atoms with E-state index in [0.29, 0.717) is 16.6 Å². The second kappa shape index (κ2) is 8.86. The van der Waals surface area contributed by atoms with Crippen LogP contribution in [0.25, 0.3) is 0 Å². The minimum absolute atomic E-state index is 0.148. The molecule has 0 aliphatic carbocycles. The van der Waals surface area contributed by atoms with Gasteiger partial charge in [-0.2, -0.15) is 0 Å². The third-order valence-corrected chi connectivity index (χ3v) is 4.66. The Morgan fingerprint density at radius 1 is 1.24 bits per heavy atom. The molecule has 1 aromatic carbocycles. The summed E-state index contributed by atoms with van der Waals surface area (Å²) in [7, 11) is 0. The quantitative estimate of drug-likeness (QED) is 0.652. The Hall–Kier alpha value is -0.450. The summed E-state index contributed by atoms with van der Waals surface area (Å²) in [5.74, 6) is -0.197. The molecule has 0 aliphatic heterocycles. The summed E-state index contributed by atoms with van der Waals surface area (Å²) in [5.41, 5.74) is 0.293. The lowest BCUT2D eigenvalue weighted by atomic mass is 9.83. The fourth-order valence-electron chi connectivity index (χ4n) is 2.84. The number of hydrogen-bond acceptors (Lipinski definition) is 2. The first-order valence-electron chi connectivity index (χ1n) is 7.87. The van der Waals surface area contributed by atoms with Crippen molar-refractivity contribution in [3.05, 3.63) is 34.1 Å². The summed E-state index contributed by atoms with van der Waals surface area (Å²) in [5, 5.41) is 3.50. The maximum Gasteiger partial charge on any atom is 0.142 e. The summed E-state index contributed by atoms with van der Waals surface area (Å²) < 4.78 is 21.2. The molecule has 2 nitrogen and oxygen atoms in total. The van der Waals surface area contributed by atoms with Crippen molar-refractivity contribution in [2.75, 3.05) is 13.2 Å². The molecule has 120 valence electrons. The fraction of sp³-hybridized carbons (Fsp3) is 0.647. The molecule has 0 saturated heterocycles. The number of rotatable bonds is 9. The first-order valence-corrected chi connectivity index (χ1v) is 8.66. The summed E-state index contributed by atoms with van der Waals surface area (Å²) in [6.45, 7) is 9.79. The topological polar surface area (TPSA) is 21.3 Å².